The number of rotatable bonds is 1. The quantitative estimate of drug-likeness (QED) is 0.507. The van der Waals surface area contributed by atoms with E-state index in [-0.39, 0.29) is 18.4 Å². The highest BCUT2D eigenvalue weighted by molar-refractivity contribution is 9.10. The maximum atomic E-state index is 15.3. The molecule has 3 saturated carbocycles. The van der Waals surface area contributed by atoms with Crippen molar-refractivity contribution in [3.63, 3.8) is 0 Å². The van der Waals surface area contributed by atoms with Crippen LogP contribution in [0, 0.1) is 28.6 Å². The van der Waals surface area contributed by atoms with Crippen molar-refractivity contribution in [1.29, 1.82) is 0 Å². The summed E-state index contributed by atoms with van der Waals surface area (Å²) in [5.41, 5.74) is -4.80. The van der Waals surface area contributed by atoms with Crippen molar-refractivity contribution in [2.45, 2.75) is 62.2 Å². The van der Waals surface area contributed by atoms with Gasteiger partial charge < -0.3 is 15.3 Å². The number of hydrogen-bond acceptors (Lipinski definition) is 4. The minimum atomic E-state index is -2.06. The SMILES string of the molecule is C[C@@H]1C[C@H]2[C@@H]3C[C@H](F)C4=C(F)C(=O)C=C[C@]4(C)[C@@]3(Br)[C@@H](O)C[C@]2(C)[C@@]1(O)C(=O)O. The van der Waals surface area contributed by atoms with Gasteiger partial charge in [-0.3, -0.25) is 4.79 Å². The molecule has 0 aliphatic heterocycles. The van der Waals surface area contributed by atoms with E-state index >= 15 is 4.39 Å². The van der Waals surface area contributed by atoms with E-state index in [2.05, 4.69) is 15.9 Å². The van der Waals surface area contributed by atoms with Crippen LogP contribution in [0.25, 0.3) is 0 Å². The molecule has 0 aromatic heterocycles. The van der Waals surface area contributed by atoms with Gasteiger partial charge in [0.1, 0.15) is 6.17 Å². The zero-order chi connectivity index (χ0) is 21.7. The van der Waals surface area contributed by atoms with E-state index in [0.717, 1.165) is 6.08 Å². The van der Waals surface area contributed by atoms with Crippen LogP contribution in [0.4, 0.5) is 8.78 Å². The number of ketones is 1. The molecule has 0 bridgehead atoms. The van der Waals surface area contributed by atoms with Crippen LogP contribution >= 0.6 is 15.9 Å². The number of carbonyl (C=O) groups is 2. The third kappa shape index (κ3) is 2.15. The van der Waals surface area contributed by atoms with E-state index in [1.165, 1.54) is 6.08 Å². The van der Waals surface area contributed by atoms with Crippen molar-refractivity contribution in [2.24, 2.45) is 28.6 Å². The number of aliphatic hydroxyl groups is 2. The highest BCUT2D eigenvalue weighted by atomic mass is 79.9. The topological polar surface area (TPSA) is 94.8 Å². The smallest absolute Gasteiger partial charge is 0.336 e. The molecule has 0 spiro atoms. The third-order valence-electron chi connectivity index (χ3n) is 8.61. The van der Waals surface area contributed by atoms with E-state index in [4.69, 9.17) is 0 Å². The summed E-state index contributed by atoms with van der Waals surface area (Å²) in [6.45, 7) is 4.90. The van der Waals surface area contributed by atoms with Crippen LogP contribution in [0.1, 0.15) is 40.0 Å². The second-order valence-electron chi connectivity index (χ2n) is 9.66. The number of aliphatic carboxylic acids is 1. The zero-order valence-electron chi connectivity index (χ0n) is 16.5. The first-order valence-electron chi connectivity index (χ1n) is 9.87. The Hall–Kier alpha value is -1.12. The minimum absolute atomic E-state index is 0.0458. The molecule has 3 fully saturated rings. The molecule has 0 amide bonds. The fraction of sp³-hybridized carbons (Fsp3) is 0.714. The van der Waals surface area contributed by atoms with Crippen LogP contribution in [0.5, 0.6) is 0 Å². The molecule has 4 rings (SSSR count). The number of carboxylic acid groups (broad SMARTS) is 1. The summed E-state index contributed by atoms with van der Waals surface area (Å²) in [5, 5.41) is 32.3. The second-order valence-corrected chi connectivity index (χ2v) is 11.0. The van der Waals surface area contributed by atoms with Gasteiger partial charge in [0, 0.05) is 16.4 Å². The van der Waals surface area contributed by atoms with Gasteiger partial charge >= 0.3 is 5.97 Å². The van der Waals surface area contributed by atoms with E-state index < -0.39 is 68.4 Å². The van der Waals surface area contributed by atoms with Gasteiger partial charge in [-0.2, -0.15) is 0 Å². The largest absolute Gasteiger partial charge is 0.479 e. The zero-order valence-corrected chi connectivity index (χ0v) is 18.0. The first kappa shape index (κ1) is 21.1. The minimum Gasteiger partial charge on any atom is -0.479 e. The first-order chi connectivity index (χ1) is 13.3. The number of hydrogen-bond donors (Lipinski definition) is 3. The summed E-state index contributed by atoms with van der Waals surface area (Å²) >= 11 is 3.66. The van der Waals surface area contributed by atoms with Gasteiger partial charge in [-0.25, -0.2) is 13.6 Å². The maximum absolute atomic E-state index is 15.3. The lowest BCUT2D eigenvalue weighted by molar-refractivity contribution is -0.194. The Labute approximate surface area is 176 Å². The molecule has 0 saturated heterocycles. The highest BCUT2D eigenvalue weighted by Gasteiger charge is 2.76. The number of carbonyl (C=O) groups excluding carboxylic acids is 1. The number of carboxylic acids is 1. The Morgan fingerprint density at radius 3 is 2.48 bits per heavy atom. The van der Waals surface area contributed by atoms with Gasteiger partial charge in [0.05, 0.1) is 10.4 Å². The molecule has 4 aliphatic rings. The molecule has 5 nitrogen and oxygen atoms in total. The predicted molar refractivity (Wildman–Crippen MR) is 104 cm³/mol. The molecule has 0 radical (unpaired) electrons. The summed E-state index contributed by atoms with van der Waals surface area (Å²) in [4.78, 5) is 23.9. The van der Waals surface area contributed by atoms with Crippen molar-refractivity contribution < 1.29 is 33.7 Å². The maximum Gasteiger partial charge on any atom is 0.336 e. The lowest BCUT2D eigenvalue weighted by atomic mass is 9.45. The van der Waals surface area contributed by atoms with Crippen molar-refractivity contribution in [1.82, 2.24) is 0 Å². The van der Waals surface area contributed by atoms with Gasteiger partial charge in [0.25, 0.3) is 0 Å². The van der Waals surface area contributed by atoms with Gasteiger partial charge in [-0.15, -0.1) is 0 Å². The lowest BCUT2D eigenvalue weighted by Gasteiger charge is -2.64. The molecular formula is C21H25BrF2O5. The van der Waals surface area contributed by atoms with Crippen molar-refractivity contribution >= 4 is 27.7 Å². The van der Waals surface area contributed by atoms with Crippen molar-refractivity contribution in [3.05, 3.63) is 23.6 Å². The summed E-state index contributed by atoms with van der Waals surface area (Å²) in [7, 11) is 0. The van der Waals surface area contributed by atoms with Crippen molar-refractivity contribution in [3.8, 4) is 0 Å². The summed E-state index contributed by atoms with van der Waals surface area (Å²) in [6, 6.07) is 0. The van der Waals surface area contributed by atoms with Gasteiger partial charge in [-0.05, 0) is 43.1 Å². The van der Waals surface area contributed by atoms with Gasteiger partial charge in [0.15, 0.2) is 11.4 Å². The Bertz CT molecular complexity index is 873. The highest BCUT2D eigenvalue weighted by Crippen LogP contribution is 2.72. The van der Waals surface area contributed by atoms with E-state index in [1.807, 2.05) is 0 Å². The molecule has 0 unspecified atom stereocenters. The lowest BCUT2D eigenvalue weighted by Crippen LogP contribution is -2.69. The number of halogens is 3. The van der Waals surface area contributed by atoms with Crippen LogP contribution in [0.2, 0.25) is 0 Å². The summed E-state index contributed by atoms with van der Waals surface area (Å²) in [6.07, 6.45) is -0.273. The molecular weight excluding hydrogens is 450 g/mol. The monoisotopic (exact) mass is 474 g/mol. The number of allylic oxidation sites excluding steroid dienone is 4. The standard InChI is InChI=1S/C21H25BrF2O5/c1-9-6-10-11-7-12(23)15-16(24)13(25)4-5-18(15,2)20(11,22)14(26)8-19(10,3)21(9,29)17(27)28/h4-5,9-12,14,26,29H,6-8H2,1-3H3,(H,27,28)/t9-,10+,11+,12+,14+,18+,19+,20+,21+/m1/s1. The molecule has 29 heavy (non-hydrogen) atoms. The Morgan fingerprint density at radius 1 is 1.28 bits per heavy atom. The second kappa shape index (κ2) is 5.98. The summed E-state index contributed by atoms with van der Waals surface area (Å²) in [5.74, 6) is -4.94. The molecule has 0 aromatic carbocycles. The predicted octanol–water partition coefficient (Wildman–Crippen LogP) is 3.09. The number of aliphatic hydroxyl groups excluding tert-OH is 1. The van der Waals surface area contributed by atoms with E-state index in [0.29, 0.717) is 6.42 Å². The Morgan fingerprint density at radius 2 is 1.90 bits per heavy atom. The fourth-order valence-corrected chi connectivity index (χ4v) is 8.10. The Balaban J connectivity index is 1.91. The summed E-state index contributed by atoms with van der Waals surface area (Å²) < 4.78 is 28.8. The van der Waals surface area contributed by atoms with Crippen molar-refractivity contribution in [2.75, 3.05) is 0 Å². The normalized spacial score (nSPS) is 54.1. The van der Waals surface area contributed by atoms with Gasteiger partial charge in [-0.1, -0.05) is 42.8 Å². The number of fused-ring (bicyclic) bond motifs is 5. The molecule has 4 aliphatic carbocycles. The number of alkyl halides is 2. The Kier molecular flexibility index (Phi) is 4.35. The third-order valence-corrected chi connectivity index (χ3v) is 10.6. The average Bonchev–Trinajstić information content (AvgIpc) is 2.83. The molecule has 8 heteroatoms. The van der Waals surface area contributed by atoms with E-state index in [9.17, 15) is 29.3 Å². The van der Waals surface area contributed by atoms with E-state index in [1.54, 1.807) is 20.8 Å². The van der Waals surface area contributed by atoms with Crippen LogP contribution in [-0.2, 0) is 9.59 Å². The molecule has 0 heterocycles. The van der Waals surface area contributed by atoms with Crippen LogP contribution in [0.15, 0.2) is 23.6 Å². The molecule has 0 aromatic rings. The van der Waals surface area contributed by atoms with Gasteiger partial charge in [0.2, 0.25) is 5.78 Å². The molecule has 3 N–H and O–H groups in total. The van der Waals surface area contributed by atoms with Crippen LogP contribution in [-0.4, -0.2) is 49.3 Å². The van der Waals surface area contributed by atoms with Crippen LogP contribution < -0.4 is 0 Å². The molecule has 160 valence electrons. The van der Waals surface area contributed by atoms with Crippen LogP contribution in [0.3, 0.4) is 0 Å². The first-order valence-corrected chi connectivity index (χ1v) is 10.7. The fourth-order valence-electron chi connectivity index (χ4n) is 7.09. The average molecular weight is 475 g/mol. The molecule has 9 atom stereocenters.